The molecule has 0 aliphatic heterocycles. The number of amides is 2. The van der Waals surface area contributed by atoms with Crippen LogP contribution in [-0.4, -0.2) is 43.8 Å². The number of sulfonamides is 1. The standard InChI is InChI=1S/C37H40ClN3O5S/c1-2-35(37(43)39-30-12-6-3-7-13-30)40(26-28-18-20-29(38)21-19-28)36(42)27-41(47(44,45)34-16-10-5-11-17-34)31-22-24-33(25-23-31)46-32-14-8-4-9-15-32/h4-5,8-11,14-25,30,35H,2-3,6-7,12-13,26-27H2,1H3,(H,39,43). The molecule has 4 aromatic rings. The fourth-order valence-electron chi connectivity index (χ4n) is 5.80. The lowest BCUT2D eigenvalue weighted by Gasteiger charge is -2.34. The fourth-order valence-corrected chi connectivity index (χ4v) is 7.37. The van der Waals surface area contributed by atoms with E-state index in [-0.39, 0.29) is 29.1 Å². The van der Waals surface area contributed by atoms with Gasteiger partial charge in [-0.25, -0.2) is 8.42 Å². The molecule has 246 valence electrons. The second-order valence-electron chi connectivity index (χ2n) is 11.6. The predicted octanol–water partition coefficient (Wildman–Crippen LogP) is 7.58. The van der Waals surface area contributed by atoms with Crippen molar-refractivity contribution in [2.24, 2.45) is 0 Å². The van der Waals surface area contributed by atoms with E-state index in [0.717, 1.165) is 42.0 Å². The maximum atomic E-state index is 14.4. The SMILES string of the molecule is CCC(C(=O)NC1CCCCC1)N(Cc1ccc(Cl)cc1)C(=O)CN(c1ccc(Oc2ccccc2)cc1)S(=O)(=O)c1ccccc1. The van der Waals surface area contributed by atoms with Crippen molar-refractivity contribution in [3.63, 3.8) is 0 Å². The van der Waals surface area contributed by atoms with Crippen molar-refractivity contribution in [1.82, 2.24) is 10.2 Å². The van der Waals surface area contributed by atoms with Crippen LogP contribution in [-0.2, 0) is 26.2 Å². The molecule has 0 spiro atoms. The maximum absolute atomic E-state index is 14.4. The Kier molecular flexibility index (Phi) is 11.6. The van der Waals surface area contributed by atoms with Crippen LogP contribution in [0.4, 0.5) is 5.69 Å². The van der Waals surface area contributed by atoms with E-state index in [0.29, 0.717) is 22.9 Å². The van der Waals surface area contributed by atoms with Gasteiger partial charge in [-0.15, -0.1) is 0 Å². The first-order chi connectivity index (χ1) is 22.7. The van der Waals surface area contributed by atoms with Crippen LogP contribution in [0.25, 0.3) is 0 Å². The van der Waals surface area contributed by atoms with Gasteiger partial charge in [-0.05, 0) is 85.5 Å². The van der Waals surface area contributed by atoms with Crippen LogP contribution >= 0.6 is 11.6 Å². The highest BCUT2D eigenvalue weighted by Crippen LogP contribution is 2.29. The second kappa shape index (κ2) is 16.0. The number of halogens is 1. The van der Waals surface area contributed by atoms with E-state index in [1.54, 1.807) is 66.7 Å². The summed E-state index contributed by atoms with van der Waals surface area (Å²) in [5.74, 6) is 0.411. The van der Waals surface area contributed by atoms with Gasteiger partial charge >= 0.3 is 0 Å². The summed E-state index contributed by atoms with van der Waals surface area (Å²) in [5.41, 5.74) is 1.06. The van der Waals surface area contributed by atoms with Crippen molar-refractivity contribution in [1.29, 1.82) is 0 Å². The Balaban J connectivity index is 1.47. The molecular weight excluding hydrogens is 634 g/mol. The number of benzene rings is 4. The van der Waals surface area contributed by atoms with Gasteiger partial charge in [0, 0.05) is 17.6 Å². The van der Waals surface area contributed by atoms with Gasteiger partial charge in [0.1, 0.15) is 24.1 Å². The Morgan fingerprint density at radius 3 is 2.04 bits per heavy atom. The predicted molar refractivity (Wildman–Crippen MR) is 185 cm³/mol. The van der Waals surface area contributed by atoms with E-state index in [2.05, 4.69) is 5.32 Å². The normalized spacial score (nSPS) is 14.2. The van der Waals surface area contributed by atoms with E-state index >= 15 is 0 Å². The molecule has 1 atom stereocenters. The van der Waals surface area contributed by atoms with Crippen LogP contribution in [0.15, 0.2) is 114 Å². The maximum Gasteiger partial charge on any atom is 0.264 e. The van der Waals surface area contributed by atoms with Gasteiger partial charge in [0.05, 0.1) is 10.6 Å². The lowest BCUT2D eigenvalue weighted by molar-refractivity contribution is -0.140. The Morgan fingerprint density at radius 2 is 1.43 bits per heavy atom. The quantitative estimate of drug-likeness (QED) is 0.158. The molecule has 0 bridgehead atoms. The Bertz CT molecular complexity index is 1710. The number of carbonyl (C=O) groups is 2. The summed E-state index contributed by atoms with van der Waals surface area (Å²) in [4.78, 5) is 29.6. The molecule has 1 aliphatic rings. The molecule has 5 rings (SSSR count). The number of hydrogen-bond acceptors (Lipinski definition) is 5. The van der Waals surface area contributed by atoms with Gasteiger partial charge in [-0.1, -0.05) is 86.3 Å². The van der Waals surface area contributed by atoms with Crippen molar-refractivity contribution in [3.8, 4) is 11.5 Å². The van der Waals surface area contributed by atoms with Crippen LogP contribution in [0.2, 0.25) is 5.02 Å². The van der Waals surface area contributed by atoms with E-state index < -0.39 is 28.5 Å². The van der Waals surface area contributed by atoms with E-state index in [4.69, 9.17) is 16.3 Å². The largest absolute Gasteiger partial charge is 0.457 e. The third-order valence-corrected chi connectivity index (χ3v) is 10.4. The van der Waals surface area contributed by atoms with Gasteiger partial charge in [0.15, 0.2) is 0 Å². The molecule has 2 amide bonds. The highest BCUT2D eigenvalue weighted by atomic mass is 35.5. The van der Waals surface area contributed by atoms with Crippen molar-refractivity contribution in [2.75, 3.05) is 10.8 Å². The smallest absolute Gasteiger partial charge is 0.264 e. The summed E-state index contributed by atoms with van der Waals surface area (Å²) in [5, 5.41) is 3.72. The molecule has 4 aromatic carbocycles. The van der Waals surface area contributed by atoms with Crippen molar-refractivity contribution < 1.29 is 22.7 Å². The Labute approximate surface area is 282 Å². The zero-order valence-electron chi connectivity index (χ0n) is 26.4. The van der Waals surface area contributed by atoms with Gasteiger partial charge in [0.2, 0.25) is 11.8 Å². The molecule has 0 radical (unpaired) electrons. The third kappa shape index (κ3) is 8.93. The molecular formula is C37H40ClN3O5S. The first kappa shape index (κ1) is 34.0. The van der Waals surface area contributed by atoms with Gasteiger partial charge < -0.3 is 15.0 Å². The lowest BCUT2D eigenvalue weighted by atomic mass is 9.95. The van der Waals surface area contributed by atoms with Crippen LogP contribution < -0.4 is 14.4 Å². The van der Waals surface area contributed by atoms with Gasteiger partial charge in [0.25, 0.3) is 10.0 Å². The Hall–Kier alpha value is -4.34. The monoisotopic (exact) mass is 673 g/mol. The molecule has 8 nitrogen and oxygen atoms in total. The summed E-state index contributed by atoms with van der Waals surface area (Å²) >= 11 is 6.13. The molecule has 0 saturated heterocycles. The number of anilines is 1. The Morgan fingerprint density at radius 1 is 0.830 bits per heavy atom. The van der Waals surface area contributed by atoms with Crippen LogP contribution in [0.5, 0.6) is 11.5 Å². The number of nitrogens with one attached hydrogen (secondary N) is 1. The number of hydrogen-bond donors (Lipinski definition) is 1. The summed E-state index contributed by atoms with van der Waals surface area (Å²) in [6.45, 7) is 1.45. The molecule has 1 aliphatic carbocycles. The minimum atomic E-state index is -4.18. The molecule has 1 fully saturated rings. The highest BCUT2D eigenvalue weighted by molar-refractivity contribution is 7.92. The summed E-state index contributed by atoms with van der Waals surface area (Å²) in [6.07, 6.45) is 5.42. The highest BCUT2D eigenvalue weighted by Gasteiger charge is 2.34. The average Bonchev–Trinajstić information content (AvgIpc) is 3.09. The first-order valence-corrected chi connectivity index (χ1v) is 17.8. The first-order valence-electron chi connectivity index (χ1n) is 16.0. The fraction of sp³-hybridized carbons (Fsp3) is 0.297. The van der Waals surface area contributed by atoms with Crippen molar-refractivity contribution in [2.45, 2.75) is 69.0 Å². The van der Waals surface area contributed by atoms with Gasteiger partial charge in [-0.3, -0.25) is 13.9 Å². The topological polar surface area (TPSA) is 96.0 Å². The van der Waals surface area contributed by atoms with E-state index in [1.165, 1.54) is 17.0 Å². The van der Waals surface area contributed by atoms with Crippen molar-refractivity contribution >= 4 is 39.1 Å². The van der Waals surface area contributed by atoms with Crippen LogP contribution in [0.3, 0.4) is 0 Å². The van der Waals surface area contributed by atoms with Crippen LogP contribution in [0, 0.1) is 0 Å². The number of ether oxygens (including phenoxy) is 1. The zero-order valence-corrected chi connectivity index (χ0v) is 28.0. The number of nitrogens with zero attached hydrogens (tertiary/aromatic N) is 2. The van der Waals surface area contributed by atoms with Crippen molar-refractivity contribution in [3.05, 3.63) is 120 Å². The van der Waals surface area contributed by atoms with E-state index in [1.807, 2.05) is 37.3 Å². The number of para-hydroxylation sites is 1. The average molecular weight is 674 g/mol. The zero-order chi connectivity index (χ0) is 33.2. The number of rotatable bonds is 13. The summed E-state index contributed by atoms with van der Waals surface area (Å²) < 4.78 is 35.3. The molecule has 1 unspecified atom stereocenters. The van der Waals surface area contributed by atoms with Gasteiger partial charge in [-0.2, -0.15) is 0 Å². The minimum absolute atomic E-state index is 0.0451. The lowest BCUT2D eigenvalue weighted by Crippen LogP contribution is -2.54. The summed E-state index contributed by atoms with van der Waals surface area (Å²) in [7, 11) is -4.18. The summed E-state index contributed by atoms with van der Waals surface area (Å²) in [6, 6.07) is 30.1. The molecule has 0 aromatic heterocycles. The van der Waals surface area contributed by atoms with Crippen LogP contribution in [0.1, 0.15) is 51.0 Å². The molecule has 1 N–H and O–H groups in total. The van der Waals surface area contributed by atoms with E-state index in [9.17, 15) is 18.0 Å². The number of carbonyl (C=O) groups excluding carboxylic acids is 2. The third-order valence-electron chi connectivity index (χ3n) is 8.32. The molecule has 0 heterocycles. The second-order valence-corrected chi connectivity index (χ2v) is 13.9. The molecule has 47 heavy (non-hydrogen) atoms. The minimum Gasteiger partial charge on any atom is -0.457 e. The molecule has 10 heteroatoms. The molecule has 1 saturated carbocycles.